The smallest absolute Gasteiger partial charge is 0.0810 e. The third kappa shape index (κ3) is 4.35. The molecule has 0 radical (unpaired) electrons. The van der Waals surface area contributed by atoms with E-state index in [2.05, 4.69) is 0 Å². The Morgan fingerprint density at radius 2 is 2.18 bits per heavy atom. The Morgan fingerprint density at radius 1 is 1.45 bits per heavy atom. The van der Waals surface area contributed by atoms with E-state index < -0.39 is 6.10 Å². The van der Waals surface area contributed by atoms with Gasteiger partial charge in [-0.2, -0.15) is 0 Å². The van der Waals surface area contributed by atoms with Crippen molar-refractivity contribution >= 4 is 0 Å². The SMILES string of the molecule is OC[C@@H](O)CCCC[C@@H]1CO1. The first-order valence-corrected chi connectivity index (χ1v) is 4.23. The summed E-state index contributed by atoms with van der Waals surface area (Å²) in [5, 5.41) is 17.4. The summed E-state index contributed by atoms with van der Waals surface area (Å²) >= 11 is 0. The lowest BCUT2D eigenvalue weighted by Crippen LogP contribution is -2.11. The molecule has 0 unspecified atom stereocenters. The number of ether oxygens (including phenoxy) is 1. The largest absolute Gasteiger partial charge is 0.394 e. The Bertz CT molecular complexity index is 102. The molecule has 2 N–H and O–H groups in total. The fourth-order valence-electron chi connectivity index (χ4n) is 1.08. The van der Waals surface area contributed by atoms with Crippen LogP contribution < -0.4 is 0 Å². The van der Waals surface area contributed by atoms with Crippen LogP contribution in [0.3, 0.4) is 0 Å². The monoisotopic (exact) mass is 160 g/mol. The van der Waals surface area contributed by atoms with Gasteiger partial charge in [-0.1, -0.05) is 12.8 Å². The molecule has 0 spiro atoms. The second-order valence-electron chi connectivity index (χ2n) is 3.08. The van der Waals surface area contributed by atoms with Crippen molar-refractivity contribution in [3.05, 3.63) is 0 Å². The van der Waals surface area contributed by atoms with Gasteiger partial charge in [0.15, 0.2) is 0 Å². The van der Waals surface area contributed by atoms with Crippen molar-refractivity contribution < 1.29 is 14.9 Å². The number of unbranched alkanes of at least 4 members (excludes halogenated alkanes) is 1. The van der Waals surface area contributed by atoms with Crippen molar-refractivity contribution in [2.45, 2.75) is 37.9 Å². The van der Waals surface area contributed by atoms with Crippen LogP contribution in [0.15, 0.2) is 0 Å². The molecule has 3 nitrogen and oxygen atoms in total. The van der Waals surface area contributed by atoms with Crippen LogP contribution in [-0.4, -0.2) is 35.6 Å². The van der Waals surface area contributed by atoms with Gasteiger partial charge in [0, 0.05) is 0 Å². The van der Waals surface area contributed by atoms with Gasteiger partial charge in [-0.05, 0) is 12.8 Å². The van der Waals surface area contributed by atoms with E-state index in [1.807, 2.05) is 0 Å². The quantitative estimate of drug-likeness (QED) is 0.434. The van der Waals surface area contributed by atoms with E-state index in [0.717, 1.165) is 25.9 Å². The summed E-state index contributed by atoms with van der Waals surface area (Å²) in [6.45, 7) is 0.808. The average Bonchev–Trinajstić information content (AvgIpc) is 2.81. The second-order valence-corrected chi connectivity index (χ2v) is 3.08. The molecule has 1 heterocycles. The van der Waals surface area contributed by atoms with Crippen LogP contribution in [0.4, 0.5) is 0 Å². The van der Waals surface area contributed by atoms with Gasteiger partial charge in [0.2, 0.25) is 0 Å². The standard InChI is InChI=1S/C8H16O3/c9-5-7(10)3-1-2-4-8-6-11-8/h7-10H,1-6H2/t7-,8+/m0/s1. The highest BCUT2D eigenvalue weighted by molar-refractivity contribution is 4.68. The van der Waals surface area contributed by atoms with Crippen molar-refractivity contribution in [1.82, 2.24) is 0 Å². The molecule has 0 aliphatic carbocycles. The Balaban J connectivity index is 1.79. The van der Waals surface area contributed by atoms with Gasteiger partial charge in [-0.15, -0.1) is 0 Å². The number of hydrogen-bond acceptors (Lipinski definition) is 3. The molecule has 1 fully saturated rings. The summed E-state index contributed by atoms with van der Waals surface area (Å²) in [6, 6.07) is 0. The molecule has 1 saturated heterocycles. The first-order valence-electron chi connectivity index (χ1n) is 4.23. The maximum absolute atomic E-state index is 8.96. The maximum atomic E-state index is 8.96. The molecule has 0 aromatic heterocycles. The van der Waals surface area contributed by atoms with Gasteiger partial charge in [-0.3, -0.25) is 0 Å². The molecule has 3 heteroatoms. The molecular formula is C8H16O3. The van der Waals surface area contributed by atoms with E-state index in [1.54, 1.807) is 0 Å². The summed E-state index contributed by atoms with van der Waals surface area (Å²) in [5.41, 5.74) is 0. The van der Waals surface area contributed by atoms with Gasteiger partial charge in [0.25, 0.3) is 0 Å². The Hall–Kier alpha value is -0.120. The van der Waals surface area contributed by atoms with Crippen LogP contribution in [0.2, 0.25) is 0 Å². The Kier molecular flexibility index (Phi) is 3.83. The van der Waals surface area contributed by atoms with Crippen molar-refractivity contribution in [3.8, 4) is 0 Å². The fraction of sp³-hybridized carbons (Fsp3) is 1.00. The van der Waals surface area contributed by atoms with Crippen LogP contribution in [0.5, 0.6) is 0 Å². The van der Waals surface area contributed by atoms with E-state index in [0.29, 0.717) is 12.5 Å². The minimum absolute atomic E-state index is 0.111. The second kappa shape index (κ2) is 4.70. The predicted molar refractivity (Wildman–Crippen MR) is 41.3 cm³/mol. The number of rotatable bonds is 6. The van der Waals surface area contributed by atoms with Crippen LogP contribution in [0.25, 0.3) is 0 Å². The van der Waals surface area contributed by atoms with Crippen molar-refractivity contribution in [2.75, 3.05) is 13.2 Å². The summed E-state index contributed by atoms with van der Waals surface area (Å²) in [4.78, 5) is 0. The number of hydrogen-bond donors (Lipinski definition) is 2. The molecule has 0 aromatic rings. The zero-order valence-electron chi connectivity index (χ0n) is 6.70. The first-order chi connectivity index (χ1) is 5.33. The highest BCUT2D eigenvalue weighted by Gasteiger charge is 2.21. The molecule has 1 aliphatic rings. The maximum Gasteiger partial charge on any atom is 0.0810 e. The normalized spacial score (nSPS) is 25.1. The first kappa shape index (κ1) is 8.97. The van der Waals surface area contributed by atoms with Crippen LogP contribution in [0, 0.1) is 0 Å². The minimum atomic E-state index is -0.518. The Morgan fingerprint density at radius 3 is 2.73 bits per heavy atom. The van der Waals surface area contributed by atoms with Gasteiger partial charge < -0.3 is 14.9 Å². The predicted octanol–water partition coefficient (Wildman–Crippen LogP) is 0.299. The summed E-state index contributed by atoms with van der Waals surface area (Å²) in [5.74, 6) is 0. The van der Waals surface area contributed by atoms with E-state index in [9.17, 15) is 0 Å². The van der Waals surface area contributed by atoms with E-state index in [1.165, 1.54) is 0 Å². The van der Waals surface area contributed by atoms with Crippen LogP contribution in [0.1, 0.15) is 25.7 Å². The lowest BCUT2D eigenvalue weighted by atomic mass is 10.1. The van der Waals surface area contributed by atoms with Gasteiger partial charge >= 0.3 is 0 Å². The van der Waals surface area contributed by atoms with Gasteiger partial charge in [0.1, 0.15) is 0 Å². The Labute approximate surface area is 67.0 Å². The third-order valence-corrected chi connectivity index (χ3v) is 1.93. The van der Waals surface area contributed by atoms with Gasteiger partial charge in [0.05, 0.1) is 25.4 Å². The van der Waals surface area contributed by atoms with Gasteiger partial charge in [-0.25, -0.2) is 0 Å². The van der Waals surface area contributed by atoms with Crippen LogP contribution >= 0.6 is 0 Å². The molecule has 0 aromatic carbocycles. The molecule has 1 rings (SSSR count). The average molecular weight is 160 g/mol. The number of epoxide rings is 1. The number of aliphatic hydroxyl groups is 2. The van der Waals surface area contributed by atoms with Crippen LogP contribution in [-0.2, 0) is 4.74 Å². The minimum Gasteiger partial charge on any atom is -0.394 e. The topological polar surface area (TPSA) is 53.0 Å². The molecule has 2 atom stereocenters. The van der Waals surface area contributed by atoms with E-state index >= 15 is 0 Å². The van der Waals surface area contributed by atoms with E-state index in [-0.39, 0.29) is 6.61 Å². The molecule has 1 aliphatic heterocycles. The zero-order chi connectivity index (χ0) is 8.10. The van der Waals surface area contributed by atoms with E-state index in [4.69, 9.17) is 14.9 Å². The molecule has 0 saturated carbocycles. The molecule has 0 amide bonds. The lowest BCUT2D eigenvalue weighted by molar-refractivity contribution is 0.0859. The molecule has 0 bridgehead atoms. The fourth-order valence-corrected chi connectivity index (χ4v) is 1.08. The molecular weight excluding hydrogens is 144 g/mol. The van der Waals surface area contributed by atoms with Crippen molar-refractivity contribution in [3.63, 3.8) is 0 Å². The summed E-state index contributed by atoms with van der Waals surface area (Å²) in [7, 11) is 0. The molecule has 11 heavy (non-hydrogen) atoms. The summed E-state index contributed by atoms with van der Waals surface area (Å²) in [6.07, 6.45) is 3.89. The van der Waals surface area contributed by atoms with Crippen molar-refractivity contribution in [1.29, 1.82) is 0 Å². The highest BCUT2D eigenvalue weighted by Crippen LogP contribution is 2.17. The molecule has 66 valence electrons. The summed E-state index contributed by atoms with van der Waals surface area (Å²) < 4.78 is 5.03. The lowest BCUT2D eigenvalue weighted by Gasteiger charge is -2.04. The zero-order valence-corrected chi connectivity index (χ0v) is 6.70. The number of aliphatic hydroxyl groups excluding tert-OH is 2. The van der Waals surface area contributed by atoms with Crippen molar-refractivity contribution in [2.24, 2.45) is 0 Å². The highest BCUT2D eigenvalue weighted by atomic mass is 16.6. The third-order valence-electron chi connectivity index (χ3n) is 1.93.